The zero-order valence-corrected chi connectivity index (χ0v) is 13.4. The second-order valence-electron chi connectivity index (χ2n) is 7.00. The molecule has 0 spiro atoms. The second kappa shape index (κ2) is 8.71. The molecule has 20 heavy (non-hydrogen) atoms. The quantitative estimate of drug-likeness (QED) is 0.623. The Hall–Kier alpha value is -0.500. The van der Waals surface area contributed by atoms with Crippen molar-refractivity contribution < 1.29 is 4.74 Å². The lowest BCUT2D eigenvalue weighted by Crippen LogP contribution is -2.31. The van der Waals surface area contributed by atoms with Crippen LogP contribution in [0.15, 0.2) is 12.3 Å². The summed E-state index contributed by atoms with van der Waals surface area (Å²) in [6.07, 6.45) is 18.9. The van der Waals surface area contributed by atoms with Gasteiger partial charge in [0.15, 0.2) is 0 Å². The number of unbranched alkanes of at least 4 members (excludes halogenated alkanes) is 3. The van der Waals surface area contributed by atoms with Crippen molar-refractivity contribution in [2.24, 2.45) is 5.41 Å². The zero-order chi connectivity index (χ0) is 14.1. The maximum atomic E-state index is 5.35. The molecule has 1 saturated heterocycles. The Morgan fingerprint density at radius 3 is 2.50 bits per heavy atom. The Balaban J connectivity index is 1.47. The molecule has 0 aromatic rings. The Morgan fingerprint density at radius 2 is 1.75 bits per heavy atom. The molecule has 2 nitrogen and oxygen atoms in total. The van der Waals surface area contributed by atoms with Crippen molar-refractivity contribution in [2.45, 2.75) is 71.1 Å². The number of allylic oxidation sites excluding steroid dienone is 1. The van der Waals surface area contributed by atoms with Gasteiger partial charge in [-0.15, -0.1) is 0 Å². The molecule has 2 aliphatic rings. The number of hydrogen-bond donors (Lipinski definition) is 0. The summed E-state index contributed by atoms with van der Waals surface area (Å²) < 4.78 is 5.35. The molecular formula is C18H33NO. The Kier molecular flexibility index (Phi) is 6.92. The number of rotatable bonds is 7. The lowest BCUT2D eigenvalue weighted by Gasteiger charge is -2.33. The average Bonchev–Trinajstić information content (AvgIpc) is 2.48. The fourth-order valence-electron chi connectivity index (χ4n) is 3.60. The van der Waals surface area contributed by atoms with Crippen LogP contribution < -0.4 is 0 Å². The third kappa shape index (κ3) is 5.87. The molecule has 0 bridgehead atoms. The van der Waals surface area contributed by atoms with Crippen LogP contribution in [0, 0.1) is 5.41 Å². The highest BCUT2D eigenvalue weighted by Gasteiger charge is 2.25. The van der Waals surface area contributed by atoms with Gasteiger partial charge in [-0.1, -0.05) is 45.1 Å². The van der Waals surface area contributed by atoms with E-state index in [9.17, 15) is 0 Å². The SMILES string of the molecule is CC1(CCCCCC=CN2CCOCC2)CCCCC1. The first-order valence-corrected chi connectivity index (χ1v) is 8.77. The normalized spacial score (nSPS) is 23.4. The van der Waals surface area contributed by atoms with E-state index in [-0.39, 0.29) is 0 Å². The van der Waals surface area contributed by atoms with Crippen molar-refractivity contribution in [2.75, 3.05) is 26.3 Å². The molecule has 2 rings (SSSR count). The van der Waals surface area contributed by atoms with Gasteiger partial charge in [-0.25, -0.2) is 0 Å². The smallest absolute Gasteiger partial charge is 0.0642 e. The third-order valence-electron chi connectivity index (χ3n) is 5.07. The molecule has 2 heteroatoms. The molecule has 0 N–H and O–H groups in total. The summed E-state index contributed by atoms with van der Waals surface area (Å²) in [7, 11) is 0. The zero-order valence-electron chi connectivity index (χ0n) is 13.4. The Labute approximate surface area is 125 Å². The van der Waals surface area contributed by atoms with Crippen LogP contribution in [0.25, 0.3) is 0 Å². The van der Waals surface area contributed by atoms with E-state index in [0.29, 0.717) is 5.41 Å². The molecular weight excluding hydrogens is 246 g/mol. The molecule has 116 valence electrons. The first kappa shape index (κ1) is 15.9. The van der Waals surface area contributed by atoms with Crippen LogP contribution >= 0.6 is 0 Å². The molecule has 1 aliphatic carbocycles. The van der Waals surface area contributed by atoms with Crippen molar-refractivity contribution >= 4 is 0 Å². The predicted molar refractivity (Wildman–Crippen MR) is 85.8 cm³/mol. The molecule has 0 unspecified atom stereocenters. The van der Waals surface area contributed by atoms with E-state index in [1.54, 1.807) is 0 Å². The fraction of sp³-hybridized carbons (Fsp3) is 0.889. The lowest BCUT2D eigenvalue weighted by atomic mass is 9.72. The molecule has 1 heterocycles. The van der Waals surface area contributed by atoms with Crippen molar-refractivity contribution in [1.29, 1.82) is 0 Å². The van der Waals surface area contributed by atoms with E-state index in [4.69, 9.17) is 4.74 Å². The first-order valence-electron chi connectivity index (χ1n) is 8.77. The van der Waals surface area contributed by atoms with Crippen molar-refractivity contribution in [3.8, 4) is 0 Å². The van der Waals surface area contributed by atoms with Crippen LogP contribution in [0.4, 0.5) is 0 Å². The summed E-state index contributed by atoms with van der Waals surface area (Å²) in [5, 5.41) is 0. The molecule has 0 amide bonds. The first-order chi connectivity index (χ1) is 9.79. The van der Waals surface area contributed by atoms with Crippen molar-refractivity contribution in [3.63, 3.8) is 0 Å². The maximum absolute atomic E-state index is 5.35. The molecule has 1 saturated carbocycles. The van der Waals surface area contributed by atoms with Gasteiger partial charge in [-0.2, -0.15) is 0 Å². The molecule has 0 atom stereocenters. The van der Waals surface area contributed by atoms with Crippen molar-refractivity contribution in [3.05, 3.63) is 12.3 Å². The van der Waals surface area contributed by atoms with Gasteiger partial charge in [-0.05, 0) is 43.7 Å². The molecule has 1 aliphatic heterocycles. The van der Waals surface area contributed by atoms with Gasteiger partial charge < -0.3 is 9.64 Å². The van der Waals surface area contributed by atoms with Gasteiger partial charge in [0.05, 0.1) is 13.2 Å². The number of hydrogen-bond acceptors (Lipinski definition) is 2. The van der Waals surface area contributed by atoms with Gasteiger partial charge in [0.1, 0.15) is 0 Å². The van der Waals surface area contributed by atoms with Gasteiger partial charge in [-0.3, -0.25) is 0 Å². The lowest BCUT2D eigenvalue weighted by molar-refractivity contribution is 0.0593. The van der Waals surface area contributed by atoms with Gasteiger partial charge in [0.25, 0.3) is 0 Å². The summed E-state index contributed by atoms with van der Waals surface area (Å²) in [6.45, 7) is 6.43. The predicted octanol–water partition coefficient (Wildman–Crippen LogP) is 4.75. The monoisotopic (exact) mass is 279 g/mol. The largest absolute Gasteiger partial charge is 0.378 e. The molecule has 0 aromatic carbocycles. The third-order valence-corrected chi connectivity index (χ3v) is 5.07. The summed E-state index contributed by atoms with van der Waals surface area (Å²) in [6, 6.07) is 0. The molecule has 0 radical (unpaired) electrons. The maximum Gasteiger partial charge on any atom is 0.0642 e. The van der Waals surface area contributed by atoms with E-state index in [1.807, 2.05) is 0 Å². The summed E-state index contributed by atoms with van der Waals surface area (Å²) in [4.78, 5) is 2.38. The minimum absolute atomic E-state index is 0.682. The summed E-state index contributed by atoms with van der Waals surface area (Å²) in [5.41, 5.74) is 0.682. The van der Waals surface area contributed by atoms with E-state index in [0.717, 1.165) is 26.3 Å². The number of morpholine rings is 1. The summed E-state index contributed by atoms with van der Waals surface area (Å²) in [5.74, 6) is 0. The standard InChI is InChI=1S/C18H33NO/c1-18(11-7-5-8-12-18)10-6-3-2-4-9-13-19-14-16-20-17-15-19/h9,13H,2-8,10-12,14-17H2,1H3. The highest BCUT2D eigenvalue weighted by molar-refractivity contribution is 4.84. The van der Waals surface area contributed by atoms with Crippen LogP contribution in [0.5, 0.6) is 0 Å². The average molecular weight is 279 g/mol. The molecule has 2 fully saturated rings. The second-order valence-corrected chi connectivity index (χ2v) is 7.00. The fourth-order valence-corrected chi connectivity index (χ4v) is 3.60. The Bertz CT molecular complexity index is 275. The van der Waals surface area contributed by atoms with Crippen LogP contribution in [-0.2, 0) is 4.74 Å². The van der Waals surface area contributed by atoms with Crippen LogP contribution in [0.2, 0.25) is 0 Å². The Morgan fingerprint density at radius 1 is 1.00 bits per heavy atom. The molecule has 0 aromatic heterocycles. The van der Waals surface area contributed by atoms with Crippen LogP contribution in [-0.4, -0.2) is 31.2 Å². The van der Waals surface area contributed by atoms with Crippen LogP contribution in [0.3, 0.4) is 0 Å². The minimum Gasteiger partial charge on any atom is -0.378 e. The van der Waals surface area contributed by atoms with Gasteiger partial charge in [0, 0.05) is 13.1 Å². The number of nitrogens with zero attached hydrogens (tertiary/aromatic N) is 1. The van der Waals surface area contributed by atoms with Gasteiger partial charge >= 0.3 is 0 Å². The summed E-state index contributed by atoms with van der Waals surface area (Å²) >= 11 is 0. The highest BCUT2D eigenvalue weighted by Crippen LogP contribution is 2.39. The topological polar surface area (TPSA) is 12.5 Å². The van der Waals surface area contributed by atoms with E-state index < -0.39 is 0 Å². The van der Waals surface area contributed by atoms with E-state index in [1.165, 1.54) is 64.2 Å². The van der Waals surface area contributed by atoms with E-state index >= 15 is 0 Å². The van der Waals surface area contributed by atoms with Crippen molar-refractivity contribution in [1.82, 2.24) is 4.90 Å². The number of ether oxygens (including phenoxy) is 1. The highest BCUT2D eigenvalue weighted by atomic mass is 16.5. The minimum atomic E-state index is 0.682. The van der Waals surface area contributed by atoms with Crippen LogP contribution in [0.1, 0.15) is 71.1 Å². The van der Waals surface area contributed by atoms with E-state index in [2.05, 4.69) is 24.1 Å². The van der Waals surface area contributed by atoms with Gasteiger partial charge in [0.2, 0.25) is 0 Å².